The lowest BCUT2D eigenvalue weighted by Crippen LogP contribution is -2.35. The van der Waals surface area contributed by atoms with Crippen LogP contribution >= 0.6 is 11.6 Å². The molecule has 4 rings (SSSR count). The van der Waals surface area contributed by atoms with Crippen molar-refractivity contribution in [1.82, 2.24) is 19.9 Å². The molecule has 30 heavy (non-hydrogen) atoms. The van der Waals surface area contributed by atoms with E-state index < -0.39 is 0 Å². The lowest BCUT2D eigenvalue weighted by atomic mass is 10.1. The van der Waals surface area contributed by atoms with Crippen LogP contribution in [0.2, 0.25) is 5.15 Å². The molecular weight excluding hydrogens is 400 g/mol. The molecule has 0 bridgehead atoms. The average Bonchev–Trinajstić information content (AvgIpc) is 3.24. The molecule has 2 N–H and O–H groups in total. The number of aryl methyl sites for hydroxylation is 1. The first-order valence-corrected chi connectivity index (χ1v) is 10.3. The Hall–Kier alpha value is -3.06. The summed E-state index contributed by atoms with van der Waals surface area (Å²) in [7, 11) is 0. The Morgan fingerprint density at radius 3 is 2.83 bits per heavy atom. The summed E-state index contributed by atoms with van der Waals surface area (Å²) in [6.45, 7) is 10.9. The molecule has 3 aromatic rings. The van der Waals surface area contributed by atoms with Gasteiger partial charge in [0.1, 0.15) is 0 Å². The number of carbonyl (C=O) groups is 1. The van der Waals surface area contributed by atoms with Crippen molar-refractivity contribution in [3.8, 4) is 11.3 Å². The third-order valence-corrected chi connectivity index (χ3v) is 5.32. The summed E-state index contributed by atoms with van der Waals surface area (Å²) < 4.78 is 1.82. The highest BCUT2D eigenvalue weighted by molar-refractivity contribution is 6.29. The van der Waals surface area contributed by atoms with E-state index >= 15 is 0 Å². The molecule has 2 aromatic heterocycles. The smallest absolute Gasteiger partial charge is 0.217 e. The van der Waals surface area contributed by atoms with Crippen LogP contribution in [0.5, 0.6) is 0 Å². The molecule has 0 unspecified atom stereocenters. The minimum atomic E-state index is -0.0121. The fourth-order valence-electron chi connectivity index (χ4n) is 4.02. The Labute approximate surface area is 180 Å². The number of rotatable bonds is 5. The third-order valence-electron chi connectivity index (χ3n) is 5.14. The van der Waals surface area contributed by atoms with Crippen molar-refractivity contribution in [3.05, 3.63) is 53.5 Å². The largest absolute Gasteiger partial charge is 0.366 e. The van der Waals surface area contributed by atoms with Crippen molar-refractivity contribution < 1.29 is 4.79 Å². The predicted molar refractivity (Wildman–Crippen MR) is 121 cm³/mol. The van der Waals surface area contributed by atoms with Crippen LogP contribution < -0.4 is 15.5 Å². The fourth-order valence-corrected chi connectivity index (χ4v) is 4.20. The topological polar surface area (TPSA) is 74.6 Å². The van der Waals surface area contributed by atoms with Crippen molar-refractivity contribution in [2.45, 2.75) is 33.2 Å². The minimum absolute atomic E-state index is 0.0121. The number of carbonyl (C=O) groups excluding carboxylic acids is 1. The standard InChI is InChI=1S/C22H25ClN6O/c1-13(2)24-17-7-5-6-16(10-17)21-14(3)25-22-19(11-20(23)27-29(21)22)28-9-8-18(12-28)26-15(4)30/h5-7,10-11,18,24H,1,8-9,12H2,2-4H3,(H,26,30)/t18-/m1/s1. The maximum atomic E-state index is 11.4. The summed E-state index contributed by atoms with van der Waals surface area (Å²) in [6.07, 6.45) is 0.882. The van der Waals surface area contributed by atoms with Gasteiger partial charge in [-0.2, -0.15) is 5.10 Å². The second-order valence-corrected chi connectivity index (χ2v) is 8.14. The Bertz CT molecular complexity index is 1140. The van der Waals surface area contributed by atoms with E-state index in [2.05, 4.69) is 33.3 Å². The second kappa shape index (κ2) is 7.99. The first kappa shape index (κ1) is 20.2. The van der Waals surface area contributed by atoms with Crippen LogP contribution in [0.15, 0.2) is 42.6 Å². The first-order valence-electron chi connectivity index (χ1n) is 9.92. The number of hydrogen-bond donors (Lipinski definition) is 2. The van der Waals surface area contributed by atoms with Crippen LogP contribution in [0.3, 0.4) is 0 Å². The zero-order valence-corrected chi connectivity index (χ0v) is 18.1. The molecule has 1 aromatic carbocycles. The molecule has 156 valence electrons. The number of hydrogen-bond acceptors (Lipinski definition) is 5. The van der Waals surface area contributed by atoms with E-state index in [1.165, 1.54) is 0 Å². The summed E-state index contributed by atoms with van der Waals surface area (Å²) >= 11 is 6.41. The van der Waals surface area contributed by atoms with Gasteiger partial charge in [0.2, 0.25) is 5.91 Å². The number of benzene rings is 1. The van der Waals surface area contributed by atoms with Crippen LogP contribution in [0, 0.1) is 6.92 Å². The number of nitrogens with zero attached hydrogens (tertiary/aromatic N) is 4. The van der Waals surface area contributed by atoms with Gasteiger partial charge in [-0.3, -0.25) is 4.79 Å². The van der Waals surface area contributed by atoms with Gasteiger partial charge < -0.3 is 15.5 Å². The molecule has 7 nitrogen and oxygen atoms in total. The monoisotopic (exact) mass is 424 g/mol. The first-order chi connectivity index (χ1) is 14.3. The zero-order chi connectivity index (χ0) is 21.4. The summed E-state index contributed by atoms with van der Waals surface area (Å²) in [6, 6.07) is 10.0. The maximum Gasteiger partial charge on any atom is 0.217 e. The van der Waals surface area contributed by atoms with Gasteiger partial charge >= 0.3 is 0 Å². The van der Waals surface area contributed by atoms with Gasteiger partial charge in [0.05, 0.1) is 17.1 Å². The van der Waals surface area contributed by atoms with Crippen LogP contribution in [0.25, 0.3) is 16.9 Å². The van der Waals surface area contributed by atoms with Crippen LogP contribution in [0.1, 0.15) is 26.0 Å². The maximum absolute atomic E-state index is 11.4. The lowest BCUT2D eigenvalue weighted by molar-refractivity contribution is -0.119. The molecule has 8 heteroatoms. The normalized spacial score (nSPS) is 16.1. The van der Waals surface area contributed by atoms with Gasteiger partial charge in [0, 0.05) is 49.1 Å². The molecule has 1 amide bonds. The number of allylic oxidation sites excluding steroid dienone is 1. The Morgan fingerprint density at radius 2 is 2.10 bits per heavy atom. The number of nitrogens with one attached hydrogen (secondary N) is 2. The lowest BCUT2D eigenvalue weighted by Gasteiger charge is -2.19. The van der Waals surface area contributed by atoms with Gasteiger partial charge in [-0.1, -0.05) is 30.3 Å². The number of imidazole rings is 1. The van der Waals surface area contributed by atoms with Gasteiger partial charge in [-0.15, -0.1) is 0 Å². The Balaban J connectivity index is 1.77. The van der Waals surface area contributed by atoms with Crippen LogP contribution in [-0.2, 0) is 4.79 Å². The molecule has 1 aliphatic heterocycles. The minimum Gasteiger partial charge on any atom is -0.366 e. The number of halogens is 1. The molecular formula is C22H25ClN6O. The molecule has 1 aliphatic rings. The highest BCUT2D eigenvalue weighted by Gasteiger charge is 2.27. The van der Waals surface area contributed by atoms with E-state index in [1.807, 2.05) is 42.6 Å². The van der Waals surface area contributed by atoms with E-state index in [0.717, 1.165) is 59.2 Å². The van der Waals surface area contributed by atoms with E-state index in [0.29, 0.717) is 5.15 Å². The summed E-state index contributed by atoms with van der Waals surface area (Å²) in [5.41, 5.74) is 6.27. The van der Waals surface area contributed by atoms with Crippen molar-refractivity contribution in [1.29, 1.82) is 0 Å². The van der Waals surface area contributed by atoms with Gasteiger partial charge in [0.25, 0.3) is 0 Å². The van der Waals surface area contributed by atoms with Gasteiger partial charge in [0.15, 0.2) is 10.8 Å². The molecule has 0 aliphatic carbocycles. The fraction of sp³-hybridized carbons (Fsp3) is 0.318. The Kier molecular flexibility index (Phi) is 5.39. The van der Waals surface area contributed by atoms with E-state index in [4.69, 9.17) is 16.6 Å². The Morgan fingerprint density at radius 1 is 1.30 bits per heavy atom. The zero-order valence-electron chi connectivity index (χ0n) is 17.4. The molecule has 1 atom stereocenters. The number of fused-ring (bicyclic) bond motifs is 1. The average molecular weight is 425 g/mol. The number of anilines is 2. The quantitative estimate of drug-likeness (QED) is 0.647. The highest BCUT2D eigenvalue weighted by atomic mass is 35.5. The number of aromatic nitrogens is 3. The van der Waals surface area contributed by atoms with Crippen molar-refractivity contribution in [2.75, 3.05) is 23.3 Å². The van der Waals surface area contributed by atoms with Crippen LogP contribution in [-0.4, -0.2) is 39.6 Å². The third kappa shape index (κ3) is 3.98. The van der Waals surface area contributed by atoms with Crippen molar-refractivity contribution in [3.63, 3.8) is 0 Å². The van der Waals surface area contributed by atoms with E-state index in [9.17, 15) is 4.79 Å². The second-order valence-electron chi connectivity index (χ2n) is 7.75. The molecule has 0 saturated carbocycles. The predicted octanol–water partition coefficient (Wildman–Crippen LogP) is 4.02. The molecule has 0 radical (unpaired) electrons. The molecule has 1 fully saturated rings. The summed E-state index contributed by atoms with van der Waals surface area (Å²) in [4.78, 5) is 18.5. The highest BCUT2D eigenvalue weighted by Crippen LogP contribution is 2.33. The van der Waals surface area contributed by atoms with Crippen molar-refractivity contribution >= 4 is 34.5 Å². The molecule has 0 spiro atoms. The SMILES string of the molecule is C=C(C)Nc1cccc(-c2c(C)nc3c(N4CC[C@@H](NC(C)=O)C4)cc(Cl)nn23)c1. The van der Waals surface area contributed by atoms with Crippen molar-refractivity contribution in [2.24, 2.45) is 0 Å². The van der Waals surface area contributed by atoms with Gasteiger partial charge in [-0.05, 0) is 32.4 Å². The summed E-state index contributed by atoms with van der Waals surface area (Å²) in [5.74, 6) is -0.0121. The van der Waals surface area contributed by atoms with E-state index in [1.54, 1.807) is 6.92 Å². The van der Waals surface area contributed by atoms with Gasteiger partial charge in [-0.25, -0.2) is 9.50 Å². The van der Waals surface area contributed by atoms with E-state index in [-0.39, 0.29) is 11.9 Å². The molecule has 3 heterocycles. The summed E-state index contributed by atoms with van der Waals surface area (Å²) in [5, 5.41) is 11.2. The van der Waals surface area contributed by atoms with Crippen LogP contribution in [0.4, 0.5) is 11.4 Å². The number of amides is 1. The molecule has 1 saturated heterocycles.